The average molecular weight is 268 g/mol. The summed E-state index contributed by atoms with van der Waals surface area (Å²) >= 11 is 0. The van der Waals surface area contributed by atoms with Crippen molar-refractivity contribution in [1.82, 2.24) is 20.0 Å². The maximum atomic E-state index is 5.21. The van der Waals surface area contributed by atoms with Crippen molar-refractivity contribution in [3.8, 4) is 16.8 Å². The van der Waals surface area contributed by atoms with E-state index in [1.54, 1.807) is 13.3 Å². The maximum absolute atomic E-state index is 5.21. The van der Waals surface area contributed by atoms with E-state index in [9.17, 15) is 0 Å². The molecular formula is C15H16N4O. The summed E-state index contributed by atoms with van der Waals surface area (Å²) in [4.78, 5) is 0. The minimum atomic E-state index is 0.492. The first kappa shape index (κ1) is 12.6. The molecule has 0 bridgehead atoms. The summed E-state index contributed by atoms with van der Waals surface area (Å²) in [6, 6.07) is 10.1. The third-order valence-corrected chi connectivity index (χ3v) is 3.21. The topological polar surface area (TPSA) is 55.7 Å². The Morgan fingerprint density at radius 2 is 2.20 bits per heavy atom. The lowest BCUT2D eigenvalue weighted by Gasteiger charge is -2.07. The summed E-state index contributed by atoms with van der Waals surface area (Å²) < 4.78 is 7.05. The summed E-state index contributed by atoms with van der Waals surface area (Å²) in [5, 5.41) is 11.6. The molecule has 3 aromatic rings. The summed E-state index contributed by atoms with van der Waals surface area (Å²) in [6.45, 7) is 2.51. The number of nitrogens with zero attached hydrogens (tertiary/aromatic N) is 3. The normalized spacial score (nSPS) is 10.9. The van der Waals surface area contributed by atoms with Crippen LogP contribution in [0.5, 0.6) is 0 Å². The van der Waals surface area contributed by atoms with Crippen molar-refractivity contribution in [3.05, 3.63) is 54.1 Å². The number of ether oxygens (including phenoxy) is 1. The van der Waals surface area contributed by atoms with E-state index in [4.69, 9.17) is 4.74 Å². The number of hydrogen-bond acceptors (Lipinski definition) is 3. The molecule has 3 rings (SSSR count). The highest BCUT2D eigenvalue weighted by Gasteiger charge is 2.12. The van der Waals surface area contributed by atoms with Crippen LogP contribution >= 0.6 is 0 Å². The molecule has 0 atom stereocenters. The predicted molar refractivity (Wildman–Crippen MR) is 76.6 cm³/mol. The van der Waals surface area contributed by atoms with E-state index in [0.29, 0.717) is 6.61 Å². The van der Waals surface area contributed by atoms with E-state index in [2.05, 4.69) is 27.4 Å². The number of nitrogens with one attached hydrogen (secondary N) is 1. The zero-order chi connectivity index (χ0) is 13.9. The van der Waals surface area contributed by atoms with Gasteiger partial charge in [0.05, 0.1) is 18.0 Å². The number of methoxy groups -OCH3 is 1. The Kier molecular flexibility index (Phi) is 3.35. The van der Waals surface area contributed by atoms with Crippen LogP contribution in [-0.4, -0.2) is 27.1 Å². The number of aryl methyl sites for hydroxylation is 1. The third-order valence-electron chi connectivity index (χ3n) is 3.21. The largest absolute Gasteiger partial charge is 0.378 e. The van der Waals surface area contributed by atoms with Crippen LogP contribution in [0, 0.1) is 6.92 Å². The molecule has 0 amide bonds. The highest BCUT2D eigenvalue weighted by molar-refractivity contribution is 5.70. The third kappa shape index (κ3) is 2.23. The molecule has 0 fully saturated rings. The maximum Gasteiger partial charge on any atom is 0.0960 e. The molecule has 0 aliphatic heterocycles. The van der Waals surface area contributed by atoms with Crippen molar-refractivity contribution < 1.29 is 4.74 Å². The molecule has 20 heavy (non-hydrogen) atoms. The van der Waals surface area contributed by atoms with E-state index in [-0.39, 0.29) is 0 Å². The SMILES string of the molecule is COCc1n[nH]c(C)c1-c1cccc(-n2cccn2)c1. The fourth-order valence-corrected chi connectivity index (χ4v) is 2.33. The van der Waals surface area contributed by atoms with Crippen LogP contribution in [0.15, 0.2) is 42.7 Å². The zero-order valence-corrected chi connectivity index (χ0v) is 11.5. The molecule has 0 saturated carbocycles. The second-order valence-corrected chi connectivity index (χ2v) is 4.60. The Morgan fingerprint density at radius 3 is 2.95 bits per heavy atom. The second kappa shape index (κ2) is 5.30. The molecule has 1 aromatic carbocycles. The smallest absolute Gasteiger partial charge is 0.0960 e. The van der Waals surface area contributed by atoms with Gasteiger partial charge in [-0.3, -0.25) is 5.10 Å². The van der Waals surface area contributed by atoms with Crippen molar-refractivity contribution in [2.24, 2.45) is 0 Å². The van der Waals surface area contributed by atoms with Gasteiger partial charge in [-0.2, -0.15) is 10.2 Å². The Balaban J connectivity index is 2.07. The molecule has 0 aliphatic rings. The number of benzene rings is 1. The Bertz CT molecular complexity index is 700. The van der Waals surface area contributed by atoms with E-state index >= 15 is 0 Å². The Morgan fingerprint density at radius 1 is 1.30 bits per heavy atom. The summed E-state index contributed by atoms with van der Waals surface area (Å²) in [5.74, 6) is 0. The number of H-pyrrole nitrogens is 1. The fourth-order valence-electron chi connectivity index (χ4n) is 2.33. The highest BCUT2D eigenvalue weighted by Crippen LogP contribution is 2.27. The monoisotopic (exact) mass is 268 g/mol. The van der Waals surface area contributed by atoms with Crippen LogP contribution in [0.25, 0.3) is 16.8 Å². The summed E-state index contributed by atoms with van der Waals surface area (Å²) in [6.07, 6.45) is 3.70. The lowest BCUT2D eigenvalue weighted by Crippen LogP contribution is -1.96. The quantitative estimate of drug-likeness (QED) is 0.791. The van der Waals surface area contributed by atoms with Gasteiger partial charge in [-0.1, -0.05) is 12.1 Å². The first-order valence-electron chi connectivity index (χ1n) is 6.43. The van der Waals surface area contributed by atoms with Gasteiger partial charge in [-0.25, -0.2) is 4.68 Å². The molecule has 5 heteroatoms. The molecular weight excluding hydrogens is 252 g/mol. The van der Waals surface area contributed by atoms with E-state index in [1.165, 1.54) is 0 Å². The first-order valence-corrected chi connectivity index (χ1v) is 6.43. The van der Waals surface area contributed by atoms with Gasteiger partial charge in [0.25, 0.3) is 0 Å². The van der Waals surface area contributed by atoms with Crippen LogP contribution in [0.1, 0.15) is 11.4 Å². The van der Waals surface area contributed by atoms with Crippen molar-refractivity contribution in [2.45, 2.75) is 13.5 Å². The fraction of sp³-hybridized carbons (Fsp3) is 0.200. The molecule has 0 spiro atoms. The van der Waals surface area contributed by atoms with Gasteiger partial charge in [0.2, 0.25) is 0 Å². The van der Waals surface area contributed by atoms with E-state index in [1.807, 2.05) is 36.0 Å². The minimum absolute atomic E-state index is 0.492. The molecule has 5 nitrogen and oxygen atoms in total. The van der Waals surface area contributed by atoms with Crippen LogP contribution < -0.4 is 0 Å². The van der Waals surface area contributed by atoms with Gasteiger partial charge < -0.3 is 4.74 Å². The van der Waals surface area contributed by atoms with Crippen molar-refractivity contribution in [3.63, 3.8) is 0 Å². The lowest BCUT2D eigenvalue weighted by atomic mass is 10.0. The highest BCUT2D eigenvalue weighted by atomic mass is 16.5. The molecule has 0 aliphatic carbocycles. The molecule has 0 radical (unpaired) electrons. The van der Waals surface area contributed by atoms with Gasteiger partial charge in [-0.05, 0) is 30.7 Å². The number of rotatable bonds is 4. The Hall–Kier alpha value is -2.40. The Labute approximate surface area is 117 Å². The molecule has 102 valence electrons. The molecule has 0 saturated heterocycles. The molecule has 1 N–H and O–H groups in total. The standard InChI is InChI=1S/C15H16N4O/c1-11-15(14(10-20-2)18-17-11)12-5-3-6-13(9-12)19-8-4-7-16-19/h3-9H,10H2,1-2H3,(H,17,18). The zero-order valence-electron chi connectivity index (χ0n) is 11.5. The minimum Gasteiger partial charge on any atom is -0.378 e. The predicted octanol–water partition coefficient (Wildman–Crippen LogP) is 2.72. The van der Waals surface area contributed by atoms with Crippen molar-refractivity contribution in [1.29, 1.82) is 0 Å². The van der Waals surface area contributed by atoms with Gasteiger partial charge >= 0.3 is 0 Å². The van der Waals surface area contributed by atoms with E-state index in [0.717, 1.165) is 28.2 Å². The second-order valence-electron chi connectivity index (χ2n) is 4.60. The number of aromatic amines is 1. The van der Waals surface area contributed by atoms with Crippen LogP contribution in [0.4, 0.5) is 0 Å². The average Bonchev–Trinajstić information content (AvgIpc) is 3.10. The summed E-state index contributed by atoms with van der Waals surface area (Å²) in [7, 11) is 1.67. The summed E-state index contributed by atoms with van der Waals surface area (Å²) in [5.41, 5.74) is 5.19. The molecule has 0 unspecified atom stereocenters. The lowest BCUT2D eigenvalue weighted by molar-refractivity contribution is 0.182. The molecule has 2 heterocycles. The van der Waals surface area contributed by atoms with Crippen molar-refractivity contribution >= 4 is 0 Å². The van der Waals surface area contributed by atoms with Gasteiger partial charge in [0, 0.05) is 30.8 Å². The van der Waals surface area contributed by atoms with Gasteiger partial charge in [0.15, 0.2) is 0 Å². The number of hydrogen-bond donors (Lipinski definition) is 1. The van der Waals surface area contributed by atoms with Crippen LogP contribution in [-0.2, 0) is 11.3 Å². The van der Waals surface area contributed by atoms with Gasteiger partial charge in [-0.15, -0.1) is 0 Å². The van der Waals surface area contributed by atoms with Crippen LogP contribution in [0.2, 0.25) is 0 Å². The van der Waals surface area contributed by atoms with Crippen LogP contribution in [0.3, 0.4) is 0 Å². The van der Waals surface area contributed by atoms with E-state index < -0.39 is 0 Å². The van der Waals surface area contributed by atoms with Crippen molar-refractivity contribution in [2.75, 3.05) is 7.11 Å². The first-order chi connectivity index (χ1) is 9.79. The van der Waals surface area contributed by atoms with Gasteiger partial charge in [0.1, 0.15) is 0 Å². The molecule has 2 aromatic heterocycles. The number of aromatic nitrogens is 4.